The first-order valence-electron chi connectivity index (χ1n) is 5.40. The van der Waals surface area contributed by atoms with E-state index in [9.17, 15) is 0 Å². The van der Waals surface area contributed by atoms with E-state index in [2.05, 4.69) is 36.3 Å². The number of hydrogen-bond acceptors (Lipinski definition) is 4. The minimum atomic E-state index is -2.01. The molecule has 0 saturated heterocycles. The molecular formula is C12H10N3PS2. The topological polar surface area (TPSA) is 37.1 Å². The van der Waals surface area contributed by atoms with Crippen LogP contribution in [0.3, 0.4) is 0 Å². The summed E-state index contributed by atoms with van der Waals surface area (Å²) in [5, 5.41) is 2.34. The second-order valence-corrected chi connectivity index (χ2v) is 8.14. The van der Waals surface area contributed by atoms with E-state index in [1.54, 1.807) is 0 Å². The van der Waals surface area contributed by atoms with Crippen molar-refractivity contribution in [2.45, 2.75) is 0 Å². The van der Waals surface area contributed by atoms with Gasteiger partial charge in [-0.3, -0.25) is 0 Å². The SMILES string of the molecule is c1ccc(P2(c3ccccc3)=NSN=S=N2)cc1. The van der Waals surface area contributed by atoms with Gasteiger partial charge < -0.3 is 0 Å². The van der Waals surface area contributed by atoms with E-state index in [4.69, 9.17) is 0 Å². The van der Waals surface area contributed by atoms with E-state index in [0.29, 0.717) is 0 Å². The van der Waals surface area contributed by atoms with Crippen LogP contribution in [0, 0.1) is 0 Å². The van der Waals surface area contributed by atoms with Crippen LogP contribution in [0.25, 0.3) is 0 Å². The zero-order valence-corrected chi connectivity index (χ0v) is 11.9. The first-order chi connectivity index (χ1) is 8.92. The zero-order chi connectivity index (χ0) is 12.3. The third-order valence-electron chi connectivity index (χ3n) is 2.61. The van der Waals surface area contributed by atoms with Gasteiger partial charge in [0.05, 0.1) is 11.4 Å². The van der Waals surface area contributed by atoms with Crippen molar-refractivity contribution in [3.8, 4) is 0 Å². The first kappa shape index (κ1) is 11.9. The molecule has 1 aliphatic heterocycles. The third-order valence-corrected chi connectivity index (χ3v) is 7.65. The largest absolute Gasteiger partial charge is 0.179 e. The fourth-order valence-corrected chi connectivity index (χ4v) is 6.88. The molecule has 90 valence electrons. The predicted molar refractivity (Wildman–Crippen MR) is 81.3 cm³/mol. The van der Waals surface area contributed by atoms with Crippen LogP contribution in [0.5, 0.6) is 0 Å². The quantitative estimate of drug-likeness (QED) is 0.613. The number of hydrogen-bond donors (Lipinski definition) is 0. The average molecular weight is 291 g/mol. The molecule has 0 saturated carbocycles. The van der Waals surface area contributed by atoms with Crippen molar-refractivity contribution >= 4 is 41.3 Å². The van der Waals surface area contributed by atoms with Crippen molar-refractivity contribution in [3.05, 3.63) is 60.7 Å². The van der Waals surface area contributed by atoms with Gasteiger partial charge in [0.1, 0.15) is 12.1 Å². The summed E-state index contributed by atoms with van der Waals surface area (Å²) >= 11 is 2.52. The van der Waals surface area contributed by atoms with Crippen molar-refractivity contribution in [3.63, 3.8) is 0 Å². The van der Waals surface area contributed by atoms with Gasteiger partial charge in [-0.1, -0.05) is 60.7 Å². The lowest BCUT2D eigenvalue weighted by Gasteiger charge is -2.19. The molecular weight excluding hydrogens is 281 g/mol. The van der Waals surface area contributed by atoms with Crippen LogP contribution in [0.4, 0.5) is 0 Å². The maximum absolute atomic E-state index is 4.68. The molecule has 0 aliphatic carbocycles. The summed E-state index contributed by atoms with van der Waals surface area (Å²) in [7, 11) is -2.01. The lowest BCUT2D eigenvalue weighted by Crippen LogP contribution is -2.14. The van der Waals surface area contributed by atoms with Crippen molar-refractivity contribution in [1.29, 1.82) is 0 Å². The van der Waals surface area contributed by atoms with E-state index in [-0.39, 0.29) is 0 Å². The van der Waals surface area contributed by atoms with E-state index in [0.717, 1.165) is 0 Å². The lowest BCUT2D eigenvalue weighted by atomic mass is 10.4. The summed E-state index contributed by atoms with van der Waals surface area (Å²) in [5.41, 5.74) is 0. The zero-order valence-electron chi connectivity index (χ0n) is 9.38. The second kappa shape index (κ2) is 5.22. The van der Waals surface area contributed by atoms with E-state index in [1.807, 2.05) is 36.4 Å². The molecule has 2 aromatic carbocycles. The molecule has 0 atom stereocenters. The molecule has 2 aromatic rings. The summed E-state index contributed by atoms with van der Waals surface area (Å²) < 4.78 is 13.4. The number of rotatable bonds is 2. The highest BCUT2D eigenvalue weighted by Crippen LogP contribution is 2.52. The van der Waals surface area contributed by atoms with Crippen molar-refractivity contribution in [2.24, 2.45) is 12.1 Å². The lowest BCUT2D eigenvalue weighted by molar-refractivity contribution is 1.70. The summed E-state index contributed by atoms with van der Waals surface area (Å²) in [4.78, 5) is 0. The standard InChI is InChI=1S/C12H10N3PS2/c1-3-7-11(8-4-1)16(13-17-15-18-14-16)12-9-5-2-6-10-12/h1-10H. The second-order valence-electron chi connectivity index (χ2n) is 3.67. The Kier molecular flexibility index (Phi) is 3.46. The fourth-order valence-electron chi connectivity index (χ4n) is 1.77. The Balaban J connectivity index is 2.28. The van der Waals surface area contributed by atoms with Crippen molar-refractivity contribution < 1.29 is 0 Å². The summed E-state index contributed by atoms with van der Waals surface area (Å²) in [6.07, 6.45) is 0. The monoisotopic (exact) mass is 291 g/mol. The van der Waals surface area contributed by atoms with E-state index in [1.165, 1.54) is 34.1 Å². The Morgan fingerprint density at radius 3 is 1.78 bits per heavy atom. The van der Waals surface area contributed by atoms with Crippen molar-refractivity contribution in [1.82, 2.24) is 0 Å². The van der Waals surface area contributed by atoms with Crippen LogP contribution in [0.2, 0.25) is 0 Å². The van der Waals surface area contributed by atoms with Gasteiger partial charge in [0.25, 0.3) is 0 Å². The minimum absolute atomic E-state index is 1.17. The first-order valence-corrected chi connectivity index (χ1v) is 8.55. The van der Waals surface area contributed by atoms with Gasteiger partial charge in [-0.15, -0.1) is 3.77 Å². The molecule has 6 heteroatoms. The Hall–Kier alpha value is -1.16. The van der Waals surface area contributed by atoms with Gasteiger partial charge in [0, 0.05) is 10.6 Å². The molecule has 0 fully saturated rings. The van der Waals surface area contributed by atoms with Gasteiger partial charge in [-0.25, -0.2) is 0 Å². The van der Waals surface area contributed by atoms with Crippen LogP contribution >= 0.6 is 19.3 Å². The smallest absolute Gasteiger partial charge is 0.160 e. The van der Waals surface area contributed by atoms with Crippen molar-refractivity contribution in [2.75, 3.05) is 0 Å². The molecule has 0 N–H and O–H groups in total. The number of benzene rings is 2. The molecule has 18 heavy (non-hydrogen) atoms. The molecule has 0 unspecified atom stereocenters. The molecule has 3 nitrogen and oxygen atoms in total. The van der Waals surface area contributed by atoms with Crippen LogP contribution in [0.1, 0.15) is 0 Å². The van der Waals surface area contributed by atoms with Gasteiger partial charge in [-0.05, 0) is 0 Å². The summed E-state index contributed by atoms with van der Waals surface area (Å²) in [5.74, 6) is 0. The van der Waals surface area contributed by atoms with E-state index >= 15 is 0 Å². The van der Waals surface area contributed by atoms with Crippen LogP contribution in [-0.2, 0) is 11.4 Å². The van der Waals surface area contributed by atoms with Crippen LogP contribution in [0.15, 0.2) is 72.7 Å². The van der Waals surface area contributed by atoms with E-state index < -0.39 is 7.21 Å². The van der Waals surface area contributed by atoms with Crippen LogP contribution in [-0.4, -0.2) is 0 Å². The minimum Gasteiger partial charge on any atom is -0.179 e. The molecule has 0 amide bonds. The maximum Gasteiger partial charge on any atom is 0.160 e. The Morgan fingerprint density at radius 1 is 0.778 bits per heavy atom. The molecule has 0 bridgehead atoms. The highest BCUT2D eigenvalue weighted by molar-refractivity contribution is 8.06. The van der Waals surface area contributed by atoms with Gasteiger partial charge >= 0.3 is 0 Å². The van der Waals surface area contributed by atoms with Crippen LogP contribution < -0.4 is 10.6 Å². The highest BCUT2D eigenvalue weighted by atomic mass is 32.2. The molecule has 1 heterocycles. The summed E-state index contributed by atoms with van der Waals surface area (Å²) in [6, 6.07) is 20.6. The predicted octanol–water partition coefficient (Wildman–Crippen LogP) is 3.78. The molecule has 3 rings (SSSR count). The molecule has 0 radical (unpaired) electrons. The molecule has 1 aliphatic rings. The Labute approximate surface area is 114 Å². The maximum atomic E-state index is 4.68. The van der Waals surface area contributed by atoms with Gasteiger partial charge in [-0.2, -0.15) is 8.28 Å². The van der Waals surface area contributed by atoms with Gasteiger partial charge in [0.2, 0.25) is 0 Å². The number of nitrogens with zero attached hydrogens (tertiary/aromatic N) is 3. The molecule has 0 spiro atoms. The third kappa shape index (κ3) is 2.09. The Bertz CT molecular complexity index is 621. The average Bonchev–Trinajstić information content (AvgIpc) is 2.50. The fraction of sp³-hybridized carbons (Fsp3) is 0. The summed E-state index contributed by atoms with van der Waals surface area (Å²) in [6.45, 7) is 0. The molecule has 0 aromatic heterocycles. The Morgan fingerprint density at radius 2 is 1.33 bits per heavy atom. The highest BCUT2D eigenvalue weighted by Gasteiger charge is 2.25. The van der Waals surface area contributed by atoms with Gasteiger partial charge in [0.15, 0.2) is 7.21 Å². The normalized spacial score (nSPS) is 16.7.